The van der Waals surface area contributed by atoms with E-state index in [-0.39, 0.29) is 16.5 Å². The molecule has 1 N–H and O–H groups in total. The quantitative estimate of drug-likeness (QED) is 0.488. The van der Waals surface area contributed by atoms with Crippen molar-refractivity contribution in [3.05, 3.63) is 0 Å². The molecule has 104 valence electrons. The Labute approximate surface area is 130 Å². The van der Waals surface area contributed by atoms with Crippen molar-refractivity contribution >= 4 is 37.2 Å². The summed E-state index contributed by atoms with van der Waals surface area (Å²) in [7, 11) is 0. The Morgan fingerprint density at radius 1 is 0.824 bits per heavy atom. The number of rotatable bonds is 0. The highest BCUT2D eigenvalue weighted by molar-refractivity contribution is 15.0. The molecule has 1 aliphatic rings. The average Bonchev–Trinajstić information content (AvgIpc) is 2.27. The van der Waals surface area contributed by atoms with Crippen LogP contribution in [0.15, 0.2) is 0 Å². The maximum Gasteiger partial charge on any atom is 0.0441 e. The van der Waals surface area contributed by atoms with Gasteiger partial charge in [0.1, 0.15) is 0 Å². The summed E-state index contributed by atoms with van der Waals surface area (Å²) in [5.74, 6) is 0.913. The fourth-order valence-corrected chi connectivity index (χ4v) is 3.31. The van der Waals surface area contributed by atoms with Gasteiger partial charge in [-0.05, 0) is 44.9 Å². The smallest absolute Gasteiger partial charge is 0.0441 e. The van der Waals surface area contributed by atoms with Gasteiger partial charge in [0.2, 0.25) is 0 Å². The molecule has 4 heteroatoms. The van der Waals surface area contributed by atoms with Gasteiger partial charge >= 0.3 is 0 Å². The predicted molar refractivity (Wildman–Crippen MR) is 91.9 cm³/mol. The summed E-state index contributed by atoms with van der Waals surface area (Å²) in [6.07, 6.45) is 0. The van der Waals surface area contributed by atoms with Gasteiger partial charge in [0.05, 0.1) is 0 Å². The van der Waals surface area contributed by atoms with E-state index in [1.54, 1.807) is 5.06 Å². The third kappa shape index (κ3) is 2.94. The molecule has 0 bridgehead atoms. The van der Waals surface area contributed by atoms with E-state index < -0.39 is 0 Å². The Hall–Kier alpha value is 1.38. The van der Waals surface area contributed by atoms with Crippen LogP contribution in [-0.4, -0.2) is 21.3 Å². The maximum absolute atomic E-state index is 10.4. The van der Waals surface area contributed by atoms with Gasteiger partial charge in [0.25, 0.3) is 0 Å². The molecule has 0 aliphatic carbocycles. The van der Waals surface area contributed by atoms with Gasteiger partial charge in [-0.1, -0.05) is 27.7 Å². The zero-order chi connectivity index (χ0) is 14.2. The van der Waals surface area contributed by atoms with Gasteiger partial charge < -0.3 is 5.21 Å². The normalized spacial score (nSPS) is 34.8. The number of hydrogen-bond donors (Lipinski definition) is 1. The van der Waals surface area contributed by atoms with Crippen LogP contribution >= 0.6 is 37.2 Å². The molecule has 1 saturated heterocycles. The van der Waals surface area contributed by atoms with E-state index in [9.17, 15) is 5.21 Å². The van der Waals surface area contributed by atoms with Crippen LogP contribution < -0.4 is 0 Å². The number of nitrogens with zero attached hydrogens (tertiary/aromatic N) is 1. The maximum atomic E-state index is 10.4. The third-order valence-corrected chi connectivity index (χ3v) is 5.44. The van der Waals surface area contributed by atoms with Gasteiger partial charge in [-0.25, -0.2) is 0 Å². The van der Waals surface area contributed by atoms with Crippen LogP contribution in [0.4, 0.5) is 0 Å². The van der Waals surface area contributed by atoms with Crippen LogP contribution in [0.2, 0.25) is 0 Å². The molecule has 0 aromatic heterocycles. The summed E-state index contributed by atoms with van der Waals surface area (Å²) < 4.78 is 0. The molecule has 1 heterocycles. The summed E-state index contributed by atoms with van der Waals surface area (Å²) in [5, 5.41) is 11.9. The molecular formula is C13H27I2NO. The van der Waals surface area contributed by atoms with Crippen molar-refractivity contribution in [2.75, 3.05) is 0 Å². The molecule has 2 nitrogen and oxygen atoms in total. The standard InChI is InChI=1S/C13H27NO.I2/c1-9-11(3,4)10(2)13(7,8)14(15)12(9,5)6;1-2/h9-10,15H,1-8H3;. The molecule has 0 amide bonds. The van der Waals surface area contributed by atoms with Crippen molar-refractivity contribution in [3.8, 4) is 0 Å². The van der Waals surface area contributed by atoms with E-state index in [4.69, 9.17) is 0 Å². The van der Waals surface area contributed by atoms with Crippen LogP contribution in [-0.2, 0) is 0 Å². The monoisotopic (exact) mass is 467 g/mol. The zero-order valence-electron chi connectivity index (χ0n) is 12.3. The second-order valence-electron chi connectivity index (χ2n) is 6.88. The lowest BCUT2D eigenvalue weighted by Gasteiger charge is -2.62. The minimum Gasteiger partial charge on any atom is -0.313 e. The van der Waals surface area contributed by atoms with Gasteiger partial charge in [0.15, 0.2) is 0 Å². The molecule has 0 aromatic rings. The molecule has 1 fully saturated rings. The van der Waals surface area contributed by atoms with Gasteiger partial charge in [0, 0.05) is 48.3 Å². The second-order valence-corrected chi connectivity index (χ2v) is 6.88. The Balaban J connectivity index is 0.00000121. The van der Waals surface area contributed by atoms with Crippen molar-refractivity contribution in [2.45, 2.75) is 66.5 Å². The molecule has 0 saturated carbocycles. The van der Waals surface area contributed by atoms with Crippen molar-refractivity contribution in [1.29, 1.82) is 0 Å². The van der Waals surface area contributed by atoms with Gasteiger partial charge in [-0.3, -0.25) is 0 Å². The minimum absolute atomic E-state index is 0.167. The predicted octanol–water partition coefficient (Wildman–Crippen LogP) is 5.32. The van der Waals surface area contributed by atoms with Crippen molar-refractivity contribution in [2.24, 2.45) is 17.3 Å². The van der Waals surface area contributed by atoms with E-state index >= 15 is 0 Å². The van der Waals surface area contributed by atoms with Gasteiger partial charge in [-0.15, -0.1) is 0 Å². The molecule has 1 aliphatic heterocycles. The number of halogens is 2. The summed E-state index contributed by atoms with van der Waals surface area (Å²) in [6, 6.07) is 0. The molecule has 2 atom stereocenters. The van der Waals surface area contributed by atoms with E-state index in [1.807, 2.05) is 0 Å². The Bertz CT molecular complexity index is 203. The fraction of sp³-hybridized carbons (Fsp3) is 1.00. The first-order valence-electron chi connectivity index (χ1n) is 6.10. The molecular weight excluding hydrogens is 440 g/mol. The number of piperidine rings is 1. The zero-order valence-corrected chi connectivity index (χ0v) is 16.6. The van der Waals surface area contributed by atoms with E-state index in [2.05, 4.69) is 92.6 Å². The van der Waals surface area contributed by atoms with Crippen molar-refractivity contribution in [3.63, 3.8) is 0 Å². The minimum atomic E-state index is -0.167. The summed E-state index contributed by atoms with van der Waals surface area (Å²) >= 11 is 4.24. The molecule has 0 aromatic carbocycles. The van der Waals surface area contributed by atoms with Crippen molar-refractivity contribution < 1.29 is 5.21 Å². The molecule has 2 unspecified atom stereocenters. The highest BCUT2D eigenvalue weighted by Crippen LogP contribution is 2.53. The van der Waals surface area contributed by atoms with Crippen LogP contribution in [0.1, 0.15) is 55.4 Å². The summed E-state index contributed by atoms with van der Waals surface area (Å²) in [4.78, 5) is 0. The van der Waals surface area contributed by atoms with Gasteiger partial charge in [-0.2, -0.15) is 5.06 Å². The summed E-state index contributed by atoms with van der Waals surface area (Å²) in [5.41, 5.74) is -0.0920. The lowest BCUT2D eigenvalue weighted by molar-refractivity contribution is -0.300. The third-order valence-electron chi connectivity index (χ3n) is 5.44. The number of hydroxylamine groups is 2. The first kappa shape index (κ1) is 18.4. The van der Waals surface area contributed by atoms with Crippen LogP contribution in [0, 0.1) is 17.3 Å². The number of hydrogen-bond acceptors (Lipinski definition) is 2. The Morgan fingerprint density at radius 2 is 1.06 bits per heavy atom. The topological polar surface area (TPSA) is 23.5 Å². The Morgan fingerprint density at radius 3 is 1.29 bits per heavy atom. The first-order chi connectivity index (χ1) is 7.46. The van der Waals surface area contributed by atoms with E-state index in [0.717, 1.165) is 0 Å². The molecule has 1 rings (SSSR count). The highest BCUT2D eigenvalue weighted by atomic mass is 128. The molecule has 17 heavy (non-hydrogen) atoms. The Kier molecular flexibility index (Phi) is 6.26. The molecule has 0 radical (unpaired) electrons. The first-order valence-corrected chi connectivity index (χ1v) is 12.4. The van der Waals surface area contributed by atoms with Crippen LogP contribution in [0.5, 0.6) is 0 Å². The van der Waals surface area contributed by atoms with E-state index in [1.165, 1.54) is 0 Å². The van der Waals surface area contributed by atoms with Crippen molar-refractivity contribution in [1.82, 2.24) is 5.06 Å². The molecule has 0 spiro atoms. The average molecular weight is 467 g/mol. The lowest BCUT2D eigenvalue weighted by Crippen LogP contribution is -2.69. The largest absolute Gasteiger partial charge is 0.313 e. The van der Waals surface area contributed by atoms with Crippen LogP contribution in [0.3, 0.4) is 0 Å². The van der Waals surface area contributed by atoms with Crippen LogP contribution in [0.25, 0.3) is 0 Å². The second kappa shape index (κ2) is 5.79. The summed E-state index contributed by atoms with van der Waals surface area (Å²) in [6.45, 7) is 17.7. The SMILES string of the molecule is CC1C(C)(C)C(C)C(C)(C)N(O)C1(C)C.II. The van der Waals surface area contributed by atoms with E-state index in [0.29, 0.717) is 11.8 Å². The fourth-order valence-electron chi connectivity index (χ4n) is 3.31. The highest BCUT2D eigenvalue weighted by Gasteiger charge is 2.57. The lowest BCUT2D eigenvalue weighted by atomic mass is 9.55.